The Morgan fingerprint density at radius 2 is 2.07 bits per heavy atom. The maximum absolute atomic E-state index is 12.5. The molecule has 7 heteroatoms. The summed E-state index contributed by atoms with van der Waals surface area (Å²) in [6, 6.07) is 9.53. The van der Waals surface area contributed by atoms with Crippen molar-refractivity contribution < 1.29 is 14.3 Å². The van der Waals surface area contributed by atoms with Crippen molar-refractivity contribution in [3.63, 3.8) is 0 Å². The van der Waals surface area contributed by atoms with E-state index in [0.29, 0.717) is 23.1 Å². The lowest BCUT2D eigenvalue weighted by Crippen LogP contribution is -2.33. The fraction of sp³-hybridized carbons (Fsp3) is 0.318. The first-order valence-corrected chi connectivity index (χ1v) is 10.9. The van der Waals surface area contributed by atoms with Gasteiger partial charge >= 0.3 is 5.97 Å². The van der Waals surface area contributed by atoms with Crippen molar-refractivity contribution in [1.82, 2.24) is 5.32 Å². The molecule has 0 fully saturated rings. The summed E-state index contributed by atoms with van der Waals surface area (Å²) >= 11 is 6.81. The van der Waals surface area contributed by atoms with Crippen molar-refractivity contribution in [2.45, 2.75) is 33.1 Å². The average molecular weight is 429 g/mol. The van der Waals surface area contributed by atoms with Crippen LogP contribution < -0.4 is 10.6 Å². The number of amides is 1. The molecule has 0 bridgehead atoms. The number of benzene rings is 1. The van der Waals surface area contributed by atoms with Gasteiger partial charge < -0.3 is 10.1 Å². The molecular formula is C22H24N2O3S2. The minimum absolute atomic E-state index is 0.157. The normalized spacial score (nSPS) is 15.6. The van der Waals surface area contributed by atoms with E-state index in [4.69, 9.17) is 17.0 Å². The lowest BCUT2D eigenvalue weighted by atomic mass is 9.88. The fourth-order valence-corrected chi connectivity index (χ4v) is 4.95. The third-order valence-corrected chi connectivity index (χ3v) is 6.06. The van der Waals surface area contributed by atoms with Gasteiger partial charge in [0.1, 0.15) is 5.00 Å². The molecule has 2 aromatic rings. The zero-order chi connectivity index (χ0) is 20.8. The molecule has 29 heavy (non-hydrogen) atoms. The molecule has 1 aliphatic carbocycles. The summed E-state index contributed by atoms with van der Waals surface area (Å²) in [6.45, 7) is 4.31. The maximum Gasteiger partial charge on any atom is 0.341 e. The molecule has 1 aromatic heterocycles. The largest absolute Gasteiger partial charge is 0.462 e. The van der Waals surface area contributed by atoms with Crippen LogP contribution in [-0.2, 0) is 22.4 Å². The standard InChI is InChI=1S/C22H24N2O3S2/c1-3-27-21(26)19-16-11-9-14(2)13-17(16)29-20(19)24-22(28)23-18(25)12-10-15-7-5-4-6-8-15/h4-8,10,12,14H,3,9,11,13H2,1-2H3,(H2,23,24,25,28). The molecule has 2 N–H and O–H groups in total. The van der Waals surface area contributed by atoms with Crippen molar-refractivity contribution in [2.75, 3.05) is 11.9 Å². The molecule has 152 valence electrons. The van der Waals surface area contributed by atoms with Crippen LogP contribution in [0.2, 0.25) is 0 Å². The van der Waals surface area contributed by atoms with Gasteiger partial charge in [-0.2, -0.15) is 0 Å². The molecule has 0 spiro atoms. The Bertz CT molecular complexity index is 935. The molecule has 3 rings (SSSR count). The van der Waals surface area contributed by atoms with Gasteiger partial charge in [-0.1, -0.05) is 37.3 Å². The van der Waals surface area contributed by atoms with E-state index < -0.39 is 0 Å². The summed E-state index contributed by atoms with van der Waals surface area (Å²) in [7, 11) is 0. The molecule has 1 aromatic carbocycles. The highest BCUT2D eigenvalue weighted by Crippen LogP contribution is 2.40. The van der Waals surface area contributed by atoms with Gasteiger partial charge in [0.25, 0.3) is 0 Å². The Labute approximate surface area is 180 Å². The number of hydrogen-bond acceptors (Lipinski definition) is 5. The minimum Gasteiger partial charge on any atom is -0.462 e. The number of thiocarbonyl (C=S) groups is 1. The number of nitrogens with one attached hydrogen (secondary N) is 2. The van der Waals surface area contributed by atoms with Crippen LogP contribution in [0.5, 0.6) is 0 Å². The van der Waals surface area contributed by atoms with Crippen molar-refractivity contribution in [2.24, 2.45) is 5.92 Å². The molecule has 1 unspecified atom stereocenters. The Hall–Kier alpha value is -2.51. The number of carbonyl (C=O) groups excluding carboxylic acids is 2. The monoisotopic (exact) mass is 428 g/mol. The summed E-state index contributed by atoms with van der Waals surface area (Å²) < 4.78 is 5.26. The SMILES string of the molecule is CCOC(=O)c1c(NC(=S)NC(=O)C=Cc2ccccc2)sc2c1CCC(C)C2. The summed E-state index contributed by atoms with van der Waals surface area (Å²) in [5.41, 5.74) is 2.52. The highest BCUT2D eigenvalue weighted by molar-refractivity contribution is 7.80. The number of esters is 1. The van der Waals surface area contributed by atoms with Crippen LogP contribution in [0.15, 0.2) is 36.4 Å². The highest BCUT2D eigenvalue weighted by atomic mass is 32.1. The first-order valence-electron chi connectivity index (χ1n) is 9.64. The fourth-order valence-electron chi connectivity index (χ4n) is 3.28. The summed E-state index contributed by atoms with van der Waals surface area (Å²) in [5, 5.41) is 6.47. The predicted molar refractivity (Wildman–Crippen MR) is 121 cm³/mol. The number of thiophene rings is 1. The van der Waals surface area contributed by atoms with Crippen LogP contribution >= 0.6 is 23.6 Å². The maximum atomic E-state index is 12.5. The Morgan fingerprint density at radius 3 is 2.79 bits per heavy atom. The van der Waals surface area contributed by atoms with Gasteiger partial charge in [0, 0.05) is 11.0 Å². The number of fused-ring (bicyclic) bond motifs is 1. The molecule has 0 aliphatic heterocycles. The third kappa shape index (κ3) is 5.52. The summed E-state index contributed by atoms with van der Waals surface area (Å²) in [6.07, 6.45) is 5.97. The second-order valence-corrected chi connectivity index (χ2v) is 8.48. The lowest BCUT2D eigenvalue weighted by Gasteiger charge is -2.18. The Morgan fingerprint density at radius 1 is 1.31 bits per heavy atom. The number of ether oxygens (including phenoxy) is 1. The third-order valence-electron chi connectivity index (χ3n) is 4.68. The second kappa shape index (κ2) is 9.80. The first kappa shape index (κ1) is 21.2. The number of rotatable bonds is 5. The molecule has 1 atom stereocenters. The van der Waals surface area contributed by atoms with Gasteiger partial charge in [0.2, 0.25) is 5.91 Å². The van der Waals surface area contributed by atoms with Crippen LogP contribution in [0.3, 0.4) is 0 Å². The summed E-state index contributed by atoms with van der Waals surface area (Å²) in [4.78, 5) is 25.9. The van der Waals surface area contributed by atoms with Crippen LogP contribution in [0.4, 0.5) is 5.00 Å². The molecule has 1 aliphatic rings. The topological polar surface area (TPSA) is 67.4 Å². The molecule has 0 saturated heterocycles. The zero-order valence-corrected chi connectivity index (χ0v) is 18.1. The Kier molecular flexibility index (Phi) is 7.17. The van der Waals surface area contributed by atoms with E-state index in [9.17, 15) is 9.59 Å². The lowest BCUT2D eigenvalue weighted by molar-refractivity contribution is -0.115. The van der Waals surface area contributed by atoms with Crippen LogP contribution in [0.25, 0.3) is 6.08 Å². The second-order valence-electron chi connectivity index (χ2n) is 6.96. The van der Waals surface area contributed by atoms with E-state index in [-0.39, 0.29) is 17.0 Å². The number of hydrogen-bond donors (Lipinski definition) is 2. The van der Waals surface area contributed by atoms with E-state index in [2.05, 4.69) is 17.6 Å². The van der Waals surface area contributed by atoms with Gasteiger partial charge in [-0.3, -0.25) is 10.1 Å². The van der Waals surface area contributed by atoms with E-state index in [0.717, 1.165) is 30.4 Å². The average Bonchev–Trinajstić information content (AvgIpc) is 3.04. The quantitative estimate of drug-likeness (QED) is 0.415. The van der Waals surface area contributed by atoms with Crippen LogP contribution in [-0.4, -0.2) is 23.6 Å². The number of anilines is 1. The van der Waals surface area contributed by atoms with E-state index in [1.165, 1.54) is 22.3 Å². The summed E-state index contributed by atoms with van der Waals surface area (Å²) in [5.74, 6) is -0.0991. The highest BCUT2D eigenvalue weighted by Gasteiger charge is 2.28. The van der Waals surface area contributed by atoms with Crippen molar-refractivity contribution in [3.8, 4) is 0 Å². The molecular weight excluding hydrogens is 404 g/mol. The van der Waals surface area contributed by atoms with Gasteiger partial charge in [0.15, 0.2) is 5.11 Å². The zero-order valence-electron chi connectivity index (χ0n) is 16.5. The van der Waals surface area contributed by atoms with Crippen molar-refractivity contribution >= 4 is 51.6 Å². The van der Waals surface area contributed by atoms with Crippen LogP contribution in [0.1, 0.15) is 46.6 Å². The first-order chi connectivity index (χ1) is 14.0. The van der Waals surface area contributed by atoms with E-state index >= 15 is 0 Å². The van der Waals surface area contributed by atoms with E-state index in [1.54, 1.807) is 13.0 Å². The minimum atomic E-state index is -0.347. The van der Waals surface area contributed by atoms with Crippen molar-refractivity contribution in [3.05, 3.63) is 58.0 Å². The van der Waals surface area contributed by atoms with E-state index in [1.807, 2.05) is 30.3 Å². The van der Waals surface area contributed by atoms with Gasteiger partial charge in [-0.15, -0.1) is 11.3 Å². The van der Waals surface area contributed by atoms with Gasteiger partial charge in [-0.05, 0) is 61.5 Å². The molecule has 1 heterocycles. The molecule has 0 saturated carbocycles. The molecule has 5 nitrogen and oxygen atoms in total. The smallest absolute Gasteiger partial charge is 0.341 e. The molecule has 0 radical (unpaired) electrons. The molecule has 1 amide bonds. The van der Waals surface area contributed by atoms with Crippen molar-refractivity contribution in [1.29, 1.82) is 0 Å². The van der Waals surface area contributed by atoms with Crippen LogP contribution in [0, 0.1) is 5.92 Å². The Balaban J connectivity index is 1.71. The van der Waals surface area contributed by atoms with Gasteiger partial charge in [0.05, 0.1) is 12.2 Å². The predicted octanol–water partition coefficient (Wildman–Crippen LogP) is 4.58. The van der Waals surface area contributed by atoms with Gasteiger partial charge in [-0.25, -0.2) is 4.79 Å². The number of carbonyl (C=O) groups is 2.